The molecule has 0 aromatic heterocycles. The van der Waals surface area contributed by atoms with Crippen molar-refractivity contribution in [3.63, 3.8) is 0 Å². The molecule has 43 heavy (non-hydrogen) atoms. The van der Waals surface area contributed by atoms with Gasteiger partial charge in [-0.1, -0.05) is 45.1 Å². The van der Waals surface area contributed by atoms with Crippen LogP contribution in [0.1, 0.15) is 133 Å². The van der Waals surface area contributed by atoms with Crippen LogP contribution in [-0.4, -0.2) is 30.0 Å². The first-order valence-electron chi connectivity index (χ1n) is 17.9. The molecule has 0 amide bonds. The van der Waals surface area contributed by atoms with Crippen LogP contribution in [0.2, 0.25) is 0 Å². The topological polar surface area (TPSA) is 49.7 Å². The predicted molar refractivity (Wildman–Crippen MR) is 176 cm³/mol. The van der Waals surface area contributed by atoms with E-state index in [2.05, 4.69) is 32.2 Å². The molecule has 2 N–H and O–H groups in total. The van der Waals surface area contributed by atoms with Crippen LogP contribution >= 0.6 is 0 Å². The van der Waals surface area contributed by atoms with Gasteiger partial charge in [-0.3, -0.25) is 0 Å². The highest BCUT2D eigenvalue weighted by atomic mass is 19.1. The Hall–Kier alpha value is -1.65. The number of halogens is 1. The van der Waals surface area contributed by atoms with Crippen LogP contribution < -0.4 is 0 Å². The summed E-state index contributed by atoms with van der Waals surface area (Å²) in [4.78, 5) is 0. The molecule has 0 heterocycles. The third-order valence-electron chi connectivity index (χ3n) is 11.9. The molecule has 0 spiro atoms. The average Bonchev–Trinajstić information content (AvgIpc) is 3.05. The van der Waals surface area contributed by atoms with Gasteiger partial charge >= 0.3 is 0 Å². The molecular formula is C39H61FO3. The molecule has 3 aliphatic carbocycles. The summed E-state index contributed by atoms with van der Waals surface area (Å²) in [6.45, 7) is 10.5. The van der Waals surface area contributed by atoms with E-state index in [0.717, 1.165) is 54.9 Å². The van der Waals surface area contributed by atoms with Gasteiger partial charge in [0.1, 0.15) is 11.6 Å². The number of unbranched alkanes of at least 4 members (excludes halogenated alkanes) is 2. The summed E-state index contributed by atoms with van der Waals surface area (Å²) in [5.74, 6) is 5.78. The van der Waals surface area contributed by atoms with Crippen molar-refractivity contribution in [1.82, 2.24) is 0 Å². The molecule has 3 saturated carbocycles. The smallest absolute Gasteiger partial charge is 0.126 e. The van der Waals surface area contributed by atoms with Crippen LogP contribution in [0.5, 0.6) is 0 Å². The molecule has 1 aromatic rings. The zero-order valence-corrected chi connectivity index (χ0v) is 27.2. The predicted octanol–water partition coefficient (Wildman–Crippen LogP) is 9.91. The summed E-state index contributed by atoms with van der Waals surface area (Å²) in [6.07, 6.45) is 22.1. The molecule has 1 aromatic carbocycles. The highest BCUT2D eigenvalue weighted by Gasteiger charge is 2.36. The van der Waals surface area contributed by atoms with E-state index in [1.807, 2.05) is 6.07 Å². The van der Waals surface area contributed by atoms with E-state index in [9.17, 15) is 14.6 Å². The van der Waals surface area contributed by atoms with Gasteiger partial charge in [-0.05, 0) is 161 Å². The van der Waals surface area contributed by atoms with Crippen molar-refractivity contribution in [2.45, 2.75) is 128 Å². The standard InChI is InChI=1S/C39H61FO3/c1-4-5-6-7-37-20-21-38(26-39(37)40)35-18-16-33(17-19-35)31-10-8-30(9-11-31)32-12-14-34(15-13-32)36(22-24-41)23-25-43-29(3)28(2)27-42/h20-21,26,30-36,41-42H,2-19,22-25,27H2,1H3. The fraction of sp³-hybridized carbons (Fsp3) is 0.744. The average molecular weight is 597 g/mol. The largest absolute Gasteiger partial charge is 0.494 e. The monoisotopic (exact) mass is 596 g/mol. The Morgan fingerprint density at radius 3 is 1.95 bits per heavy atom. The first kappa shape index (κ1) is 34.2. The second kappa shape index (κ2) is 17.7. The third-order valence-corrected chi connectivity index (χ3v) is 11.9. The van der Waals surface area contributed by atoms with Crippen LogP contribution in [0.4, 0.5) is 4.39 Å². The number of rotatable bonds is 16. The van der Waals surface area contributed by atoms with E-state index in [0.29, 0.717) is 35.7 Å². The van der Waals surface area contributed by atoms with Crippen LogP contribution in [-0.2, 0) is 11.2 Å². The highest BCUT2D eigenvalue weighted by molar-refractivity contribution is 5.27. The lowest BCUT2D eigenvalue weighted by atomic mass is 9.64. The van der Waals surface area contributed by atoms with Crippen LogP contribution in [0, 0.1) is 41.3 Å². The third kappa shape index (κ3) is 9.92. The van der Waals surface area contributed by atoms with Gasteiger partial charge in [0.2, 0.25) is 0 Å². The molecule has 242 valence electrons. The molecule has 0 radical (unpaired) electrons. The summed E-state index contributed by atoms with van der Waals surface area (Å²) in [5.41, 5.74) is 2.68. The molecule has 3 aliphatic rings. The molecule has 0 aliphatic heterocycles. The zero-order valence-electron chi connectivity index (χ0n) is 27.2. The van der Waals surface area contributed by atoms with Gasteiger partial charge in [-0.15, -0.1) is 0 Å². The molecule has 0 bridgehead atoms. The normalized spacial score (nSPS) is 28.7. The lowest BCUT2D eigenvalue weighted by molar-refractivity contribution is 0.0846. The maximum atomic E-state index is 14.8. The molecule has 0 saturated heterocycles. The van der Waals surface area contributed by atoms with Crippen molar-refractivity contribution < 1.29 is 19.3 Å². The molecule has 4 rings (SSSR count). The van der Waals surface area contributed by atoms with Crippen molar-refractivity contribution in [2.75, 3.05) is 19.8 Å². The number of ether oxygens (including phenoxy) is 1. The fourth-order valence-electron chi connectivity index (χ4n) is 8.99. The van der Waals surface area contributed by atoms with Crippen molar-refractivity contribution in [2.24, 2.45) is 35.5 Å². The minimum atomic E-state index is -0.123. The number of aliphatic hydroxyl groups is 2. The maximum Gasteiger partial charge on any atom is 0.126 e. The van der Waals surface area contributed by atoms with E-state index in [1.54, 1.807) is 0 Å². The SMILES string of the molecule is C=C(CO)C(=C)OCCC(CCO)C1CCC(C2CCC(C3CCC(c4ccc(CCCCC)c(F)c4)CC3)CC2)CC1. The first-order chi connectivity index (χ1) is 20.9. The minimum absolute atomic E-state index is 0.0214. The maximum absolute atomic E-state index is 14.8. The van der Waals surface area contributed by atoms with E-state index in [-0.39, 0.29) is 19.0 Å². The summed E-state index contributed by atoms with van der Waals surface area (Å²) < 4.78 is 20.5. The lowest BCUT2D eigenvalue weighted by Crippen LogP contribution is -2.31. The van der Waals surface area contributed by atoms with Crippen LogP contribution in [0.15, 0.2) is 42.7 Å². The van der Waals surface area contributed by atoms with Gasteiger partial charge in [-0.2, -0.15) is 0 Å². The highest BCUT2D eigenvalue weighted by Crippen LogP contribution is 2.48. The number of aryl methyl sites for hydroxylation is 1. The molecular weight excluding hydrogens is 535 g/mol. The van der Waals surface area contributed by atoms with Crippen molar-refractivity contribution in [3.8, 4) is 0 Å². The van der Waals surface area contributed by atoms with Crippen molar-refractivity contribution >= 4 is 0 Å². The Morgan fingerprint density at radius 2 is 1.42 bits per heavy atom. The van der Waals surface area contributed by atoms with E-state index in [4.69, 9.17) is 4.74 Å². The van der Waals surface area contributed by atoms with Crippen molar-refractivity contribution in [1.29, 1.82) is 0 Å². The van der Waals surface area contributed by atoms with Crippen LogP contribution in [0.3, 0.4) is 0 Å². The van der Waals surface area contributed by atoms with Gasteiger partial charge in [0.15, 0.2) is 0 Å². The Bertz CT molecular complexity index is 980. The lowest BCUT2D eigenvalue weighted by Gasteiger charge is -2.42. The van der Waals surface area contributed by atoms with Gasteiger partial charge in [0, 0.05) is 12.2 Å². The summed E-state index contributed by atoms with van der Waals surface area (Å²) in [5, 5.41) is 18.9. The first-order valence-corrected chi connectivity index (χ1v) is 17.9. The van der Waals surface area contributed by atoms with Crippen LogP contribution in [0.25, 0.3) is 0 Å². The fourth-order valence-corrected chi connectivity index (χ4v) is 8.99. The summed E-state index contributed by atoms with van der Waals surface area (Å²) in [7, 11) is 0. The second-order valence-electron chi connectivity index (χ2n) is 14.4. The summed E-state index contributed by atoms with van der Waals surface area (Å²) in [6, 6.07) is 6.15. The van der Waals surface area contributed by atoms with Gasteiger partial charge in [-0.25, -0.2) is 4.39 Å². The van der Waals surface area contributed by atoms with Gasteiger partial charge in [0.25, 0.3) is 0 Å². The number of aliphatic hydroxyl groups excluding tert-OH is 2. The molecule has 3 fully saturated rings. The number of hydrogen-bond acceptors (Lipinski definition) is 3. The van der Waals surface area contributed by atoms with Crippen molar-refractivity contribution in [3.05, 3.63) is 59.6 Å². The van der Waals surface area contributed by atoms with E-state index in [1.165, 1.54) is 95.5 Å². The molecule has 3 nitrogen and oxygen atoms in total. The molecule has 1 unspecified atom stereocenters. The Kier molecular flexibility index (Phi) is 14.1. The Labute approximate surface area is 262 Å². The molecule has 4 heteroatoms. The van der Waals surface area contributed by atoms with E-state index >= 15 is 0 Å². The Balaban J connectivity index is 1.15. The second-order valence-corrected chi connectivity index (χ2v) is 14.4. The zero-order chi connectivity index (χ0) is 30.6. The Morgan fingerprint density at radius 1 is 0.837 bits per heavy atom. The number of benzene rings is 1. The minimum Gasteiger partial charge on any atom is -0.494 e. The quantitative estimate of drug-likeness (QED) is 0.113. The summed E-state index contributed by atoms with van der Waals surface area (Å²) >= 11 is 0. The van der Waals surface area contributed by atoms with Gasteiger partial charge in [0.05, 0.1) is 13.2 Å². The number of hydrogen-bond donors (Lipinski definition) is 2. The van der Waals surface area contributed by atoms with E-state index < -0.39 is 0 Å². The van der Waals surface area contributed by atoms with Gasteiger partial charge < -0.3 is 14.9 Å². The molecule has 1 atom stereocenters.